The molecule has 2 N–H and O–H groups in total. The standard InChI is InChI=1S/C13H23N3O3S/c1-15(2)11-13(17)9-14-20(18,19)16(3)10-12-7-5-4-6-8-12/h4-8,13-14,17H,9-11H2,1-3H3/t13-/m1/s1. The van der Waals surface area contributed by atoms with Gasteiger partial charge in [0, 0.05) is 26.7 Å². The van der Waals surface area contributed by atoms with Gasteiger partial charge in [0.15, 0.2) is 0 Å². The van der Waals surface area contributed by atoms with E-state index in [4.69, 9.17) is 0 Å². The molecule has 0 aliphatic carbocycles. The van der Waals surface area contributed by atoms with E-state index in [9.17, 15) is 13.5 Å². The predicted octanol–water partition coefficient (Wildman–Crippen LogP) is -0.125. The van der Waals surface area contributed by atoms with Crippen molar-refractivity contribution in [3.63, 3.8) is 0 Å². The van der Waals surface area contributed by atoms with Gasteiger partial charge in [0.1, 0.15) is 0 Å². The van der Waals surface area contributed by atoms with Gasteiger partial charge in [-0.05, 0) is 19.7 Å². The molecule has 0 aromatic heterocycles. The minimum absolute atomic E-state index is 0.000354. The summed E-state index contributed by atoms with van der Waals surface area (Å²) >= 11 is 0. The van der Waals surface area contributed by atoms with E-state index < -0.39 is 16.3 Å². The van der Waals surface area contributed by atoms with Crippen LogP contribution in [0.3, 0.4) is 0 Å². The first kappa shape index (κ1) is 17.1. The third-order valence-corrected chi connectivity index (χ3v) is 4.22. The molecule has 0 saturated heterocycles. The Morgan fingerprint density at radius 1 is 1.20 bits per heavy atom. The number of hydrogen-bond donors (Lipinski definition) is 2. The number of benzene rings is 1. The molecule has 0 bridgehead atoms. The summed E-state index contributed by atoms with van der Waals surface area (Å²) in [5.41, 5.74) is 0.911. The third-order valence-electron chi connectivity index (χ3n) is 2.74. The number of aliphatic hydroxyl groups is 1. The van der Waals surface area contributed by atoms with Crippen LogP contribution in [0.5, 0.6) is 0 Å². The molecule has 0 unspecified atom stereocenters. The highest BCUT2D eigenvalue weighted by Crippen LogP contribution is 2.05. The number of likely N-dealkylation sites (N-methyl/N-ethyl adjacent to an activating group) is 1. The minimum atomic E-state index is -3.58. The fourth-order valence-corrected chi connectivity index (χ4v) is 2.67. The van der Waals surface area contributed by atoms with E-state index in [2.05, 4.69) is 4.72 Å². The highest BCUT2D eigenvalue weighted by Gasteiger charge is 2.19. The van der Waals surface area contributed by atoms with Crippen molar-refractivity contribution in [1.29, 1.82) is 0 Å². The van der Waals surface area contributed by atoms with Gasteiger partial charge in [0.2, 0.25) is 0 Å². The van der Waals surface area contributed by atoms with E-state index in [1.165, 1.54) is 11.4 Å². The van der Waals surface area contributed by atoms with Crippen LogP contribution in [0.15, 0.2) is 30.3 Å². The van der Waals surface area contributed by atoms with E-state index in [0.717, 1.165) is 5.56 Å². The summed E-state index contributed by atoms with van der Waals surface area (Å²) in [6.07, 6.45) is -0.732. The zero-order chi connectivity index (χ0) is 15.2. The highest BCUT2D eigenvalue weighted by atomic mass is 32.2. The molecule has 6 nitrogen and oxygen atoms in total. The summed E-state index contributed by atoms with van der Waals surface area (Å²) in [5, 5.41) is 9.67. The van der Waals surface area contributed by atoms with Gasteiger partial charge >= 0.3 is 0 Å². The smallest absolute Gasteiger partial charge is 0.279 e. The maximum Gasteiger partial charge on any atom is 0.279 e. The van der Waals surface area contributed by atoms with Gasteiger partial charge in [-0.1, -0.05) is 30.3 Å². The van der Waals surface area contributed by atoms with Crippen molar-refractivity contribution in [3.8, 4) is 0 Å². The van der Waals surface area contributed by atoms with E-state index in [0.29, 0.717) is 13.1 Å². The molecule has 0 heterocycles. The maximum absolute atomic E-state index is 12.0. The van der Waals surface area contributed by atoms with Gasteiger partial charge in [-0.15, -0.1) is 0 Å². The summed E-state index contributed by atoms with van der Waals surface area (Å²) in [7, 11) is 1.56. The molecule has 0 spiro atoms. The second-order valence-corrected chi connectivity index (χ2v) is 6.87. The Hall–Kier alpha value is -0.990. The van der Waals surface area contributed by atoms with E-state index >= 15 is 0 Å². The van der Waals surface area contributed by atoms with E-state index in [1.54, 1.807) is 4.90 Å². The van der Waals surface area contributed by atoms with Crippen LogP contribution in [0.1, 0.15) is 5.56 Å². The summed E-state index contributed by atoms with van der Waals surface area (Å²) in [5.74, 6) is 0. The van der Waals surface area contributed by atoms with Gasteiger partial charge in [-0.2, -0.15) is 17.4 Å². The number of nitrogens with zero attached hydrogens (tertiary/aromatic N) is 2. The molecule has 0 fully saturated rings. The molecule has 0 aliphatic rings. The second kappa shape index (κ2) is 7.70. The maximum atomic E-state index is 12.0. The van der Waals surface area contributed by atoms with Crippen LogP contribution in [-0.2, 0) is 16.8 Å². The van der Waals surface area contributed by atoms with Crippen LogP contribution < -0.4 is 4.72 Å². The SMILES string of the molecule is CN(C)C[C@H](O)CNS(=O)(=O)N(C)Cc1ccccc1. The Bertz CT molecular complexity index is 491. The lowest BCUT2D eigenvalue weighted by molar-refractivity contribution is 0.140. The van der Waals surface area contributed by atoms with Gasteiger partial charge in [0.05, 0.1) is 6.10 Å². The predicted molar refractivity (Wildman–Crippen MR) is 79.4 cm³/mol. The van der Waals surface area contributed by atoms with Crippen molar-refractivity contribution in [2.45, 2.75) is 12.6 Å². The molecule has 1 atom stereocenters. The lowest BCUT2D eigenvalue weighted by Crippen LogP contribution is -2.43. The summed E-state index contributed by atoms with van der Waals surface area (Å²) in [4.78, 5) is 1.80. The Morgan fingerprint density at radius 3 is 2.35 bits per heavy atom. The fourth-order valence-electron chi connectivity index (χ4n) is 1.72. The molecule has 20 heavy (non-hydrogen) atoms. The normalized spacial score (nSPS) is 13.9. The Balaban J connectivity index is 2.51. The molecule has 0 aliphatic heterocycles. The Kier molecular flexibility index (Phi) is 6.57. The second-order valence-electron chi connectivity index (χ2n) is 5.01. The third kappa shape index (κ3) is 5.98. The average Bonchev–Trinajstić information content (AvgIpc) is 2.37. The summed E-state index contributed by atoms with van der Waals surface area (Å²) in [6, 6.07) is 9.35. The topological polar surface area (TPSA) is 72.9 Å². The van der Waals surface area contributed by atoms with Crippen LogP contribution in [0, 0.1) is 0 Å². The average molecular weight is 301 g/mol. The number of rotatable bonds is 8. The first-order valence-corrected chi connectivity index (χ1v) is 7.83. The van der Waals surface area contributed by atoms with E-state index in [1.807, 2.05) is 44.4 Å². The summed E-state index contributed by atoms with van der Waals surface area (Å²) < 4.78 is 27.7. The molecule has 0 amide bonds. The number of nitrogens with one attached hydrogen (secondary N) is 1. The monoisotopic (exact) mass is 301 g/mol. The molecule has 7 heteroatoms. The molecule has 1 aromatic rings. The minimum Gasteiger partial charge on any atom is -0.390 e. The van der Waals surface area contributed by atoms with Crippen LogP contribution >= 0.6 is 0 Å². The van der Waals surface area contributed by atoms with Crippen molar-refractivity contribution in [2.75, 3.05) is 34.2 Å². The van der Waals surface area contributed by atoms with Crippen LogP contribution in [-0.4, -0.2) is 63.1 Å². The first-order valence-electron chi connectivity index (χ1n) is 6.39. The number of hydrogen-bond acceptors (Lipinski definition) is 4. The molecule has 0 saturated carbocycles. The van der Waals surface area contributed by atoms with Gasteiger partial charge in [-0.3, -0.25) is 0 Å². The zero-order valence-corrected chi connectivity index (χ0v) is 13.0. The largest absolute Gasteiger partial charge is 0.390 e. The lowest BCUT2D eigenvalue weighted by Gasteiger charge is -2.20. The van der Waals surface area contributed by atoms with Crippen molar-refractivity contribution in [3.05, 3.63) is 35.9 Å². The van der Waals surface area contributed by atoms with Crippen molar-refractivity contribution >= 4 is 10.2 Å². The van der Waals surface area contributed by atoms with Gasteiger partial charge in [-0.25, -0.2) is 0 Å². The quantitative estimate of drug-likeness (QED) is 0.702. The fraction of sp³-hybridized carbons (Fsp3) is 0.538. The molecular weight excluding hydrogens is 278 g/mol. The molecule has 114 valence electrons. The van der Waals surface area contributed by atoms with Crippen LogP contribution in [0.2, 0.25) is 0 Å². The zero-order valence-electron chi connectivity index (χ0n) is 12.2. The highest BCUT2D eigenvalue weighted by molar-refractivity contribution is 7.87. The van der Waals surface area contributed by atoms with Gasteiger partial charge < -0.3 is 10.0 Å². The van der Waals surface area contributed by atoms with Crippen molar-refractivity contribution < 1.29 is 13.5 Å². The summed E-state index contributed by atoms with van der Waals surface area (Å²) in [6.45, 7) is 0.699. The Labute approximate surface area is 121 Å². The Morgan fingerprint density at radius 2 is 1.80 bits per heavy atom. The molecule has 1 aromatic carbocycles. The molecular formula is C13H23N3O3S. The van der Waals surface area contributed by atoms with Crippen LogP contribution in [0.4, 0.5) is 0 Å². The van der Waals surface area contributed by atoms with Crippen LogP contribution in [0.25, 0.3) is 0 Å². The number of aliphatic hydroxyl groups excluding tert-OH is 1. The first-order chi connectivity index (χ1) is 9.31. The van der Waals surface area contributed by atoms with Crippen molar-refractivity contribution in [1.82, 2.24) is 13.9 Å². The molecule has 0 radical (unpaired) electrons. The van der Waals surface area contributed by atoms with Gasteiger partial charge in [0.25, 0.3) is 10.2 Å². The van der Waals surface area contributed by atoms with Crippen molar-refractivity contribution in [2.24, 2.45) is 0 Å². The molecule has 1 rings (SSSR count). The lowest BCUT2D eigenvalue weighted by atomic mass is 10.2. The van der Waals surface area contributed by atoms with E-state index in [-0.39, 0.29) is 6.54 Å².